The quantitative estimate of drug-likeness (QED) is 0.361. The Kier molecular flexibility index (Phi) is 10.1. The highest BCUT2D eigenvalue weighted by molar-refractivity contribution is 9.29. The normalized spacial score (nSPS) is 11.7. The maximum absolute atomic E-state index is 5.26. The Bertz CT molecular complexity index is 181. The van der Waals surface area contributed by atoms with Gasteiger partial charge in [0.25, 0.3) is 0 Å². The molecule has 0 aliphatic heterocycles. The molecule has 0 spiro atoms. The van der Waals surface area contributed by atoms with Gasteiger partial charge in [-0.1, -0.05) is 24.3 Å². The fourth-order valence-corrected chi connectivity index (χ4v) is 13.2. The Balaban J connectivity index is 3.76. The van der Waals surface area contributed by atoms with Gasteiger partial charge in [0.15, 0.2) is 0 Å². The van der Waals surface area contributed by atoms with Gasteiger partial charge in [-0.15, -0.1) is 0 Å². The highest BCUT2D eigenvalue weighted by Gasteiger charge is 2.40. The van der Waals surface area contributed by atoms with Gasteiger partial charge in [-0.25, -0.2) is 0 Å². The zero-order valence-electron chi connectivity index (χ0n) is 9.27. The van der Waals surface area contributed by atoms with Gasteiger partial charge >= 0.3 is 7.95 Å². The first-order valence-corrected chi connectivity index (χ1v) is 11.4. The molecule has 0 saturated heterocycles. The summed E-state index contributed by atoms with van der Waals surface area (Å²) in [6, 6.07) is 0. The van der Waals surface area contributed by atoms with Gasteiger partial charge in [0, 0.05) is 21.3 Å². The zero-order chi connectivity index (χ0) is 11.7. The van der Waals surface area contributed by atoms with Crippen LogP contribution in [0.2, 0.25) is 0 Å². The fraction of sp³-hybridized carbons (Fsp3) is 0.714. The van der Waals surface area contributed by atoms with Gasteiger partial charge in [0.05, 0.1) is 0 Å². The smallest absolute Gasteiger partial charge is 0.368 e. The van der Waals surface area contributed by atoms with Gasteiger partial charge in [-0.05, 0) is 41.2 Å². The molecule has 0 heterocycles. The van der Waals surface area contributed by atoms with E-state index in [0.29, 0.717) is 0 Å². The first kappa shape index (κ1) is 16.2. The number of hydrogen-bond acceptors (Lipinski definition) is 7. The molecule has 0 N–H and O–H groups in total. The van der Waals surface area contributed by atoms with Crippen molar-refractivity contribution in [2.24, 2.45) is 0 Å². The largest absolute Gasteiger partial charge is 0.584 e. The molecule has 15 heavy (non-hydrogen) atoms. The number of hydrogen-bond donors (Lipinski definition) is 0. The fourth-order valence-electron chi connectivity index (χ4n) is 0.529. The Labute approximate surface area is 108 Å². The molecule has 90 valence electrons. The predicted octanol–water partition coefficient (Wildman–Crippen LogP) is 3.96. The molecular weight excluding hydrogens is 288 g/mol. The van der Waals surface area contributed by atoms with Crippen LogP contribution < -0.4 is 0 Å². The van der Waals surface area contributed by atoms with Crippen LogP contribution in [-0.2, 0) is 13.3 Å². The molecule has 0 saturated carbocycles. The van der Waals surface area contributed by atoms with Gasteiger partial charge in [0.2, 0.25) is 0 Å². The van der Waals surface area contributed by atoms with E-state index in [0.717, 1.165) is 11.3 Å². The standard InChI is InChI=1S/C7H16O3S4Si/c1-6-7(2)11-12-13-14-15(8-3,9-4)10-5/h2,6H2,1,3-5H3. The highest BCUT2D eigenvalue weighted by atomic mass is 33.7. The SMILES string of the molecule is C=C(CC)SSSS[Si](OC)(OC)OC. The molecule has 0 radical (unpaired) electrons. The average molecular weight is 305 g/mol. The second-order valence-corrected chi connectivity index (χ2v) is 13.0. The molecule has 0 bridgehead atoms. The average Bonchev–Trinajstić information content (AvgIpc) is 2.30. The van der Waals surface area contributed by atoms with Crippen molar-refractivity contribution in [2.45, 2.75) is 13.3 Å². The minimum Gasteiger partial charge on any atom is -0.368 e. The molecule has 0 aromatic carbocycles. The minimum absolute atomic E-state index is 0.990. The zero-order valence-corrected chi connectivity index (χ0v) is 13.5. The maximum Gasteiger partial charge on any atom is 0.584 e. The summed E-state index contributed by atoms with van der Waals surface area (Å²) in [5.74, 6) is 0. The summed E-state index contributed by atoms with van der Waals surface area (Å²) in [5, 5.41) is 0. The summed E-state index contributed by atoms with van der Waals surface area (Å²) in [5.41, 5.74) is 0. The molecule has 0 atom stereocenters. The summed E-state index contributed by atoms with van der Waals surface area (Å²) in [7, 11) is 8.77. The van der Waals surface area contributed by atoms with Crippen molar-refractivity contribution < 1.29 is 13.3 Å². The van der Waals surface area contributed by atoms with E-state index in [2.05, 4.69) is 13.5 Å². The van der Waals surface area contributed by atoms with Crippen LogP contribution in [0, 0.1) is 0 Å². The van der Waals surface area contributed by atoms with Gasteiger partial charge in [-0.2, -0.15) is 0 Å². The van der Waals surface area contributed by atoms with Gasteiger partial charge < -0.3 is 13.3 Å². The van der Waals surface area contributed by atoms with Crippen LogP contribution in [0.4, 0.5) is 0 Å². The molecule has 0 amide bonds. The monoisotopic (exact) mass is 304 g/mol. The molecule has 0 aliphatic carbocycles. The third-order valence-electron chi connectivity index (χ3n) is 1.46. The third kappa shape index (κ3) is 6.52. The van der Waals surface area contributed by atoms with E-state index in [-0.39, 0.29) is 0 Å². The Morgan fingerprint density at radius 1 is 1.13 bits per heavy atom. The lowest BCUT2D eigenvalue weighted by atomic mass is 10.5. The van der Waals surface area contributed by atoms with E-state index in [1.54, 1.807) is 51.8 Å². The van der Waals surface area contributed by atoms with E-state index in [1.165, 1.54) is 10.2 Å². The molecular formula is C7H16O3S4Si. The summed E-state index contributed by atoms with van der Waals surface area (Å²) in [6.45, 7) is 5.99. The van der Waals surface area contributed by atoms with Crippen molar-refractivity contribution in [1.82, 2.24) is 0 Å². The first-order valence-electron chi connectivity index (χ1n) is 4.16. The minimum atomic E-state index is -2.48. The molecule has 0 rings (SSSR count). The maximum atomic E-state index is 5.26. The van der Waals surface area contributed by atoms with Gasteiger partial charge in [-0.3, -0.25) is 0 Å². The van der Waals surface area contributed by atoms with Crippen molar-refractivity contribution >= 4 is 48.6 Å². The van der Waals surface area contributed by atoms with E-state index < -0.39 is 7.95 Å². The lowest BCUT2D eigenvalue weighted by molar-refractivity contribution is 0.153. The Morgan fingerprint density at radius 3 is 2.07 bits per heavy atom. The molecule has 3 nitrogen and oxygen atoms in total. The lowest BCUT2D eigenvalue weighted by Gasteiger charge is -2.21. The van der Waals surface area contributed by atoms with Crippen LogP contribution in [0.15, 0.2) is 11.5 Å². The van der Waals surface area contributed by atoms with Crippen LogP contribution >= 0.6 is 40.7 Å². The van der Waals surface area contributed by atoms with Crippen LogP contribution in [-0.4, -0.2) is 29.3 Å². The van der Waals surface area contributed by atoms with Crippen molar-refractivity contribution in [2.75, 3.05) is 21.3 Å². The summed E-state index contributed by atoms with van der Waals surface area (Å²) in [6.07, 6.45) is 0.990. The molecule has 0 fully saturated rings. The summed E-state index contributed by atoms with van der Waals surface area (Å²) < 4.78 is 15.8. The Hall–Kier alpha value is 1.24. The Morgan fingerprint density at radius 2 is 1.67 bits per heavy atom. The topological polar surface area (TPSA) is 27.7 Å². The second kappa shape index (κ2) is 9.29. The molecule has 8 heteroatoms. The third-order valence-corrected chi connectivity index (χ3v) is 14.2. The van der Waals surface area contributed by atoms with Crippen LogP contribution in [0.25, 0.3) is 0 Å². The first-order chi connectivity index (χ1) is 7.14. The highest BCUT2D eigenvalue weighted by Crippen LogP contribution is 2.49. The van der Waals surface area contributed by atoms with E-state index in [4.69, 9.17) is 13.3 Å². The summed E-state index contributed by atoms with van der Waals surface area (Å²) >= 11 is 0. The van der Waals surface area contributed by atoms with Crippen molar-refractivity contribution in [3.63, 3.8) is 0 Å². The van der Waals surface area contributed by atoms with E-state index >= 15 is 0 Å². The van der Waals surface area contributed by atoms with E-state index in [1.807, 2.05) is 0 Å². The lowest BCUT2D eigenvalue weighted by Crippen LogP contribution is -2.38. The molecule has 0 unspecified atom stereocenters. The number of rotatable bonds is 9. The molecule has 0 aromatic rings. The summed E-state index contributed by atoms with van der Waals surface area (Å²) in [4.78, 5) is 1.16. The number of allylic oxidation sites excluding steroid dienone is 1. The van der Waals surface area contributed by atoms with Crippen molar-refractivity contribution in [1.29, 1.82) is 0 Å². The van der Waals surface area contributed by atoms with Crippen molar-refractivity contribution in [3.05, 3.63) is 11.5 Å². The van der Waals surface area contributed by atoms with Gasteiger partial charge in [0.1, 0.15) is 0 Å². The van der Waals surface area contributed by atoms with Crippen LogP contribution in [0.1, 0.15) is 13.3 Å². The second-order valence-electron chi connectivity index (χ2n) is 2.31. The van der Waals surface area contributed by atoms with Crippen LogP contribution in [0.5, 0.6) is 0 Å². The van der Waals surface area contributed by atoms with Crippen molar-refractivity contribution in [3.8, 4) is 0 Å². The molecule has 0 aromatic heterocycles. The van der Waals surface area contributed by atoms with Crippen LogP contribution in [0.3, 0.4) is 0 Å². The molecule has 0 aliphatic rings. The predicted molar refractivity (Wildman–Crippen MR) is 76.6 cm³/mol. The van der Waals surface area contributed by atoms with E-state index in [9.17, 15) is 0 Å².